The van der Waals surface area contributed by atoms with Crippen molar-refractivity contribution in [1.82, 2.24) is 0 Å². The molecule has 3 aromatic rings. The molecule has 2 N–H and O–H groups in total. The summed E-state index contributed by atoms with van der Waals surface area (Å²) < 4.78 is 11.3. The van der Waals surface area contributed by atoms with Crippen LogP contribution in [-0.2, 0) is 20.9 Å². The van der Waals surface area contributed by atoms with E-state index in [1.165, 1.54) is 7.11 Å². The number of nitrogens with one attached hydrogen (secondary N) is 2. The molecule has 1 aliphatic carbocycles. The molecule has 0 fully saturated rings. The Kier molecular flexibility index (Phi) is 6.27. The van der Waals surface area contributed by atoms with E-state index in [1.807, 2.05) is 85.8 Å². The Labute approximate surface area is 205 Å². The Morgan fingerprint density at radius 3 is 2.40 bits per heavy atom. The molecule has 0 saturated heterocycles. The fraction of sp³-hybridized carbons (Fsp3) is 0.241. The van der Waals surface area contributed by atoms with Gasteiger partial charge in [-0.15, -0.1) is 0 Å². The van der Waals surface area contributed by atoms with Gasteiger partial charge < -0.3 is 20.1 Å². The van der Waals surface area contributed by atoms with Gasteiger partial charge in [0, 0.05) is 16.8 Å². The van der Waals surface area contributed by atoms with Gasteiger partial charge in [-0.1, -0.05) is 67.6 Å². The van der Waals surface area contributed by atoms with Gasteiger partial charge in [0.2, 0.25) is 0 Å². The summed E-state index contributed by atoms with van der Waals surface area (Å²) in [4.78, 5) is 26.5. The first-order chi connectivity index (χ1) is 17.1. The molecule has 35 heavy (non-hydrogen) atoms. The molecule has 0 amide bonds. The largest absolute Gasteiger partial charge is 0.489 e. The molecule has 0 bridgehead atoms. The number of ketones is 1. The maximum atomic E-state index is 13.9. The number of hydrogen-bond donors (Lipinski definition) is 2. The standard InChI is InChI=1S/C29H28N2O4/c1-18-16-23-26(28(32)25(18)29(33)34-2)27(31-22-14-8-7-13-21(22)30-23)20-12-6-9-15-24(20)35-17-19-10-4-3-5-11-19/h3-15,18,25,27,30-31H,16-17H2,1-2H3/t18-,25-,27+/m1/s1. The van der Waals surface area contributed by atoms with E-state index in [4.69, 9.17) is 9.47 Å². The van der Waals surface area contributed by atoms with Gasteiger partial charge in [-0.25, -0.2) is 0 Å². The molecule has 178 valence electrons. The molecule has 2 aliphatic rings. The van der Waals surface area contributed by atoms with Gasteiger partial charge in [0.1, 0.15) is 18.3 Å². The van der Waals surface area contributed by atoms with E-state index in [9.17, 15) is 9.59 Å². The number of Topliss-reactive ketones (excluding diaryl/α,β-unsaturated/α-hetero) is 1. The monoisotopic (exact) mass is 468 g/mol. The zero-order valence-electron chi connectivity index (χ0n) is 19.8. The van der Waals surface area contributed by atoms with Crippen molar-refractivity contribution in [2.24, 2.45) is 11.8 Å². The molecule has 0 radical (unpaired) electrons. The highest BCUT2D eigenvalue weighted by Gasteiger charge is 2.44. The Hall–Kier alpha value is -4.06. The summed E-state index contributed by atoms with van der Waals surface area (Å²) >= 11 is 0. The normalized spacial score (nSPS) is 21.1. The van der Waals surface area contributed by atoms with Crippen LogP contribution in [0.3, 0.4) is 0 Å². The fourth-order valence-corrected chi connectivity index (χ4v) is 4.95. The lowest BCUT2D eigenvalue weighted by Gasteiger charge is -2.33. The zero-order valence-corrected chi connectivity index (χ0v) is 19.8. The summed E-state index contributed by atoms with van der Waals surface area (Å²) in [6.07, 6.45) is 0.556. The molecule has 1 aliphatic heterocycles. The van der Waals surface area contributed by atoms with E-state index in [0.29, 0.717) is 24.4 Å². The van der Waals surface area contributed by atoms with Crippen LogP contribution in [0.25, 0.3) is 0 Å². The molecule has 6 heteroatoms. The van der Waals surface area contributed by atoms with Gasteiger partial charge in [0.25, 0.3) is 0 Å². The minimum atomic E-state index is -0.844. The smallest absolute Gasteiger partial charge is 0.316 e. The lowest BCUT2D eigenvalue weighted by atomic mass is 9.74. The second-order valence-corrected chi connectivity index (χ2v) is 9.00. The van der Waals surface area contributed by atoms with Crippen molar-refractivity contribution in [2.45, 2.75) is 26.0 Å². The SMILES string of the molecule is COC(=O)[C@H]1C(=O)C2=C(C[C@H]1C)Nc1ccccc1N[C@H]2c1ccccc1OCc1ccccc1. The van der Waals surface area contributed by atoms with E-state index in [2.05, 4.69) is 10.6 Å². The number of allylic oxidation sites excluding steroid dienone is 1. The van der Waals surface area contributed by atoms with E-state index < -0.39 is 17.9 Å². The molecule has 3 aromatic carbocycles. The number of para-hydroxylation sites is 3. The molecule has 0 unspecified atom stereocenters. The number of hydrogen-bond acceptors (Lipinski definition) is 6. The zero-order chi connectivity index (χ0) is 24.4. The number of esters is 1. The lowest BCUT2D eigenvalue weighted by Crippen LogP contribution is -2.39. The van der Waals surface area contributed by atoms with Crippen molar-refractivity contribution >= 4 is 23.1 Å². The van der Waals surface area contributed by atoms with E-state index in [0.717, 1.165) is 28.2 Å². The highest BCUT2D eigenvalue weighted by atomic mass is 16.5. The van der Waals surface area contributed by atoms with Crippen molar-refractivity contribution in [1.29, 1.82) is 0 Å². The molecule has 6 nitrogen and oxygen atoms in total. The number of anilines is 2. The average molecular weight is 469 g/mol. The van der Waals surface area contributed by atoms with Gasteiger partial charge in [0.15, 0.2) is 5.78 Å². The van der Waals surface area contributed by atoms with Gasteiger partial charge >= 0.3 is 5.97 Å². The van der Waals surface area contributed by atoms with Crippen LogP contribution in [0.5, 0.6) is 5.75 Å². The summed E-state index contributed by atoms with van der Waals surface area (Å²) in [6.45, 7) is 2.32. The molecule has 0 spiro atoms. The summed E-state index contributed by atoms with van der Waals surface area (Å²) in [7, 11) is 1.33. The quantitative estimate of drug-likeness (QED) is 0.381. The van der Waals surface area contributed by atoms with Gasteiger partial charge in [0.05, 0.1) is 24.5 Å². The van der Waals surface area contributed by atoms with Crippen LogP contribution in [0.1, 0.15) is 30.5 Å². The Morgan fingerprint density at radius 1 is 0.943 bits per heavy atom. The lowest BCUT2D eigenvalue weighted by molar-refractivity contribution is -0.151. The van der Waals surface area contributed by atoms with Crippen LogP contribution in [-0.4, -0.2) is 18.9 Å². The third kappa shape index (κ3) is 4.39. The summed E-state index contributed by atoms with van der Waals surface area (Å²) in [5.74, 6) is -1.06. The molecule has 0 saturated carbocycles. The first-order valence-electron chi connectivity index (χ1n) is 11.8. The summed E-state index contributed by atoms with van der Waals surface area (Å²) in [5.41, 5.74) is 5.02. The number of benzene rings is 3. The number of ether oxygens (including phenoxy) is 2. The first-order valence-corrected chi connectivity index (χ1v) is 11.8. The maximum Gasteiger partial charge on any atom is 0.316 e. The molecule has 0 aromatic heterocycles. The Balaban J connectivity index is 1.59. The van der Waals surface area contributed by atoms with Crippen LogP contribution in [0, 0.1) is 11.8 Å². The molecular formula is C29H28N2O4. The number of methoxy groups -OCH3 is 1. The fourth-order valence-electron chi connectivity index (χ4n) is 4.95. The topological polar surface area (TPSA) is 76.7 Å². The molecule has 5 rings (SSSR count). The van der Waals surface area contributed by atoms with Crippen LogP contribution in [0.2, 0.25) is 0 Å². The van der Waals surface area contributed by atoms with Crippen LogP contribution >= 0.6 is 0 Å². The van der Waals surface area contributed by atoms with Gasteiger partial charge in [-0.2, -0.15) is 0 Å². The van der Waals surface area contributed by atoms with Crippen molar-refractivity contribution in [3.63, 3.8) is 0 Å². The van der Waals surface area contributed by atoms with Crippen molar-refractivity contribution in [3.8, 4) is 5.75 Å². The second kappa shape index (κ2) is 9.66. The predicted octanol–water partition coefficient (Wildman–Crippen LogP) is 5.50. The number of fused-ring (bicyclic) bond motifs is 1. The maximum absolute atomic E-state index is 13.9. The van der Waals surface area contributed by atoms with Crippen molar-refractivity contribution < 1.29 is 19.1 Å². The second-order valence-electron chi connectivity index (χ2n) is 9.00. The Morgan fingerprint density at radius 2 is 1.63 bits per heavy atom. The number of rotatable bonds is 5. The van der Waals surface area contributed by atoms with Crippen molar-refractivity contribution in [2.75, 3.05) is 17.7 Å². The van der Waals surface area contributed by atoms with Crippen LogP contribution < -0.4 is 15.4 Å². The van der Waals surface area contributed by atoms with E-state index >= 15 is 0 Å². The number of carbonyl (C=O) groups excluding carboxylic acids is 2. The minimum absolute atomic E-state index is 0.184. The summed E-state index contributed by atoms with van der Waals surface area (Å²) in [5, 5.41) is 7.04. The van der Waals surface area contributed by atoms with Crippen LogP contribution in [0.4, 0.5) is 11.4 Å². The van der Waals surface area contributed by atoms with Crippen LogP contribution in [0.15, 0.2) is 90.1 Å². The average Bonchev–Trinajstić information content (AvgIpc) is 3.04. The summed E-state index contributed by atoms with van der Waals surface area (Å²) in [6, 6.07) is 25.1. The first kappa shape index (κ1) is 22.7. The highest BCUT2D eigenvalue weighted by molar-refractivity contribution is 6.11. The van der Waals surface area contributed by atoms with E-state index in [-0.39, 0.29) is 11.7 Å². The minimum Gasteiger partial charge on any atom is -0.489 e. The molecule has 3 atom stereocenters. The van der Waals surface area contributed by atoms with Gasteiger partial charge in [-0.3, -0.25) is 9.59 Å². The third-order valence-electron chi connectivity index (χ3n) is 6.69. The predicted molar refractivity (Wildman–Crippen MR) is 135 cm³/mol. The third-order valence-corrected chi connectivity index (χ3v) is 6.69. The van der Waals surface area contributed by atoms with Crippen molar-refractivity contribution in [3.05, 3.63) is 101 Å². The van der Waals surface area contributed by atoms with E-state index in [1.54, 1.807) is 0 Å². The number of carbonyl (C=O) groups is 2. The molecular weight excluding hydrogens is 440 g/mol. The van der Waals surface area contributed by atoms with Gasteiger partial charge in [-0.05, 0) is 36.1 Å². The Bertz CT molecular complexity index is 1280. The molecule has 1 heterocycles. The highest BCUT2D eigenvalue weighted by Crippen LogP contribution is 2.45.